The number of hydrogen-bond acceptors (Lipinski definition) is 5. The van der Waals surface area contributed by atoms with Crippen LogP contribution in [0.5, 0.6) is 11.5 Å². The van der Waals surface area contributed by atoms with Crippen molar-refractivity contribution < 1.29 is 23.8 Å². The van der Waals surface area contributed by atoms with Crippen LogP contribution >= 0.6 is 23.2 Å². The van der Waals surface area contributed by atoms with Gasteiger partial charge < -0.3 is 19.5 Å². The summed E-state index contributed by atoms with van der Waals surface area (Å²) in [6, 6.07) is 9.45. The maximum atomic E-state index is 12.1. The predicted molar refractivity (Wildman–Crippen MR) is 95.9 cm³/mol. The Kier molecular flexibility index (Phi) is 5.54. The second-order valence-electron chi connectivity index (χ2n) is 5.61. The van der Waals surface area contributed by atoms with E-state index in [0.717, 1.165) is 5.56 Å². The van der Waals surface area contributed by atoms with Crippen LogP contribution in [-0.2, 0) is 9.53 Å². The third-order valence-corrected chi connectivity index (χ3v) is 4.50. The van der Waals surface area contributed by atoms with E-state index in [0.29, 0.717) is 21.5 Å². The minimum absolute atomic E-state index is 0.114. The molecule has 0 saturated carbocycles. The van der Waals surface area contributed by atoms with E-state index in [2.05, 4.69) is 5.32 Å². The van der Waals surface area contributed by atoms with Crippen LogP contribution in [0.3, 0.4) is 0 Å². The highest BCUT2D eigenvalue weighted by atomic mass is 35.5. The van der Waals surface area contributed by atoms with Crippen molar-refractivity contribution in [2.45, 2.75) is 13.0 Å². The number of halogens is 2. The molecule has 8 heteroatoms. The summed E-state index contributed by atoms with van der Waals surface area (Å²) in [5, 5.41) is 3.57. The lowest BCUT2D eigenvalue weighted by molar-refractivity contribution is -0.124. The lowest BCUT2D eigenvalue weighted by Gasteiger charge is -2.15. The summed E-state index contributed by atoms with van der Waals surface area (Å²) in [4.78, 5) is 24.1. The summed E-state index contributed by atoms with van der Waals surface area (Å²) in [5.41, 5.74) is 1.06. The van der Waals surface area contributed by atoms with Crippen LogP contribution in [0, 0.1) is 0 Å². The number of hydrogen-bond donors (Lipinski definition) is 1. The Morgan fingerprint density at radius 2 is 1.88 bits per heavy atom. The highest BCUT2D eigenvalue weighted by Gasteiger charge is 2.18. The van der Waals surface area contributed by atoms with Crippen molar-refractivity contribution in [3.63, 3.8) is 0 Å². The lowest BCUT2D eigenvalue weighted by atomic mass is 10.1. The first-order valence-corrected chi connectivity index (χ1v) is 8.50. The summed E-state index contributed by atoms with van der Waals surface area (Å²) >= 11 is 11.8. The van der Waals surface area contributed by atoms with Crippen molar-refractivity contribution in [1.29, 1.82) is 0 Å². The van der Waals surface area contributed by atoms with Gasteiger partial charge in [-0.1, -0.05) is 29.3 Å². The van der Waals surface area contributed by atoms with Crippen molar-refractivity contribution >= 4 is 35.1 Å². The summed E-state index contributed by atoms with van der Waals surface area (Å²) in [6.07, 6.45) is 0. The third-order valence-electron chi connectivity index (χ3n) is 3.76. The van der Waals surface area contributed by atoms with Crippen LogP contribution in [0.15, 0.2) is 36.4 Å². The Labute approximate surface area is 159 Å². The van der Waals surface area contributed by atoms with Crippen LogP contribution in [0.2, 0.25) is 10.0 Å². The molecule has 1 aliphatic rings. The summed E-state index contributed by atoms with van der Waals surface area (Å²) in [6.45, 7) is 1.50. The van der Waals surface area contributed by atoms with Crippen LogP contribution in [-0.4, -0.2) is 25.3 Å². The van der Waals surface area contributed by atoms with E-state index in [1.165, 1.54) is 6.07 Å². The molecular weight excluding hydrogens is 381 g/mol. The Hall–Kier alpha value is -2.44. The number of rotatable bonds is 5. The first kappa shape index (κ1) is 18.4. The summed E-state index contributed by atoms with van der Waals surface area (Å²) < 4.78 is 15.4. The van der Waals surface area contributed by atoms with Gasteiger partial charge in [0.25, 0.3) is 5.91 Å². The second kappa shape index (κ2) is 7.85. The van der Waals surface area contributed by atoms with E-state index in [-0.39, 0.29) is 18.4 Å². The van der Waals surface area contributed by atoms with E-state index < -0.39 is 18.5 Å². The average molecular weight is 396 g/mol. The van der Waals surface area contributed by atoms with Gasteiger partial charge in [0.1, 0.15) is 0 Å². The van der Waals surface area contributed by atoms with Gasteiger partial charge in [-0.2, -0.15) is 0 Å². The lowest BCUT2D eigenvalue weighted by Crippen LogP contribution is -2.31. The maximum Gasteiger partial charge on any atom is 0.338 e. The number of benzene rings is 2. The Morgan fingerprint density at radius 3 is 2.65 bits per heavy atom. The fourth-order valence-corrected chi connectivity index (χ4v) is 2.69. The highest BCUT2D eigenvalue weighted by molar-refractivity contribution is 6.42. The average Bonchev–Trinajstić information content (AvgIpc) is 3.09. The monoisotopic (exact) mass is 395 g/mol. The number of carbonyl (C=O) groups excluding carboxylic acids is 2. The number of fused-ring (bicyclic) bond motifs is 1. The van der Waals surface area contributed by atoms with E-state index >= 15 is 0 Å². The fourth-order valence-electron chi connectivity index (χ4n) is 2.39. The molecule has 26 heavy (non-hydrogen) atoms. The van der Waals surface area contributed by atoms with Crippen LogP contribution < -0.4 is 14.8 Å². The number of amides is 1. The van der Waals surface area contributed by atoms with Gasteiger partial charge in [0.2, 0.25) is 6.79 Å². The highest BCUT2D eigenvalue weighted by Crippen LogP contribution is 2.32. The molecule has 1 atom stereocenters. The topological polar surface area (TPSA) is 73.9 Å². The molecule has 1 amide bonds. The Balaban J connectivity index is 1.53. The van der Waals surface area contributed by atoms with E-state index in [1.54, 1.807) is 37.3 Å². The zero-order valence-corrected chi connectivity index (χ0v) is 15.3. The molecule has 2 aromatic rings. The molecule has 0 aromatic heterocycles. The number of ether oxygens (including phenoxy) is 3. The van der Waals surface area contributed by atoms with Crippen LogP contribution in [0.4, 0.5) is 0 Å². The first-order chi connectivity index (χ1) is 12.4. The zero-order chi connectivity index (χ0) is 18.7. The Morgan fingerprint density at radius 1 is 1.12 bits per heavy atom. The number of esters is 1. The SMILES string of the molecule is CC(NC(=O)COC(=O)c1ccc2c(c1)OCO2)c1ccc(Cl)c(Cl)c1. The molecule has 3 rings (SSSR count). The molecule has 136 valence electrons. The molecule has 0 aliphatic carbocycles. The molecule has 0 bridgehead atoms. The molecule has 1 unspecified atom stereocenters. The Bertz CT molecular complexity index is 855. The van der Waals surface area contributed by atoms with Gasteiger partial charge in [-0.05, 0) is 42.8 Å². The molecule has 1 aliphatic heterocycles. The van der Waals surface area contributed by atoms with Crippen molar-refractivity contribution in [2.75, 3.05) is 13.4 Å². The van der Waals surface area contributed by atoms with Gasteiger partial charge in [-0.15, -0.1) is 0 Å². The normalized spacial score (nSPS) is 13.2. The third kappa shape index (κ3) is 4.20. The van der Waals surface area contributed by atoms with Gasteiger partial charge in [-0.25, -0.2) is 4.79 Å². The fraction of sp³-hybridized carbons (Fsp3) is 0.222. The van der Waals surface area contributed by atoms with E-state index in [1.807, 2.05) is 0 Å². The van der Waals surface area contributed by atoms with Gasteiger partial charge in [0, 0.05) is 0 Å². The molecule has 0 radical (unpaired) electrons. The second-order valence-corrected chi connectivity index (χ2v) is 6.42. The van der Waals surface area contributed by atoms with Gasteiger partial charge >= 0.3 is 5.97 Å². The largest absolute Gasteiger partial charge is 0.454 e. The first-order valence-electron chi connectivity index (χ1n) is 7.75. The molecule has 1 heterocycles. The molecular formula is C18H15Cl2NO5. The van der Waals surface area contributed by atoms with E-state index in [4.69, 9.17) is 37.4 Å². The van der Waals surface area contributed by atoms with E-state index in [9.17, 15) is 9.59 Å². The molecule has 0 saturated heterocycles. The minimum atomic E-state index is -0.624. The standard InChI is InChI=1S/C18H15Cl2NO5/c1-10(11-2-4-13(19)14(20)6-11)21-17(22)8-24-18(23)12-3-5-15-16(7-12)26-9-25-15/h2-7,10H,8-9H2,1H3,(H,21,22). The minimum Gasteiger partial charge on any atom is -0.454 e. The summed E-state index contributed by atoms with van der Waals surface area (Å²) in [7, 11) is 0. The van der Waals surface area contributed by atoms with Crippen molar-refractivity contribution in [2.24, 2.45) is 0 Å². The van der Waals surface area contributed by atoms with Gasteiger partial charge in [-0.3, -0.25) is 4.79 Å². The van der Waals surface area contributed by atoms with Gasteiger partial charge in [0.05, 0.1) is 21.7 Å². The molecule has 0 spiro atoms. The van der Waals surface area contributed by atoms with Crippen molar-refractivity contribution in [1.82, 2.24) is 5.32 Å². The zero-order valence-electron chi connectivity index (χ0n) is 13.8. The number of carbonyl (C=O) groups is 2. The number of nitrogens with one attached hydrogen (secondary N) is 1. The molecule has 1 N–H and O–H groups in total. The van der Waals surface area contributed by atoms with Crippen LogP contribution in [0.1, 0.15) is 28.9 Å². The summed E-state index contributed by atoms with van der Waals surface area (Å²) in [5.74, 6) is -0.0230. The smallest absolute Gasteiger partial charge is 0.338 e. The predicted octanol–water partition coefficient (Wildman–Crippen LogP) is 3.76. The van der Waals surface area contributed by atoms with Crippen LogP contribution in [0.25, 0.3) is 0 Å². The maximum absolute atomic E-state index is 12.1. The van der Waals surface area contributed by atoms with Crippen molar-refractivity contribution in [3.8, 4) is 11.5 Å². The van der Waals surface area contributed by atoms with Crippen molar-refractivity contribution in [3.05, 3.63) is 57.6 Å². The molecule has 2 aromatic carbocycles. The van der Waals surface area contributed by atoms with Gasteiger partial charge in [0.15, 0.2) is 18.1 Å². The molecule has 6 nitrogen and oxygen atoms in total. The quantitative estimate of drug-likeness (QED) is 0.780. The molecule has 0 fully saturated rings.